The molecule has 0 bridgehead atoms. The lowest BCUT2D eigenvalue weighted by molar-refractivity contribution is -0.146. The third-order valence-electron chi connectivity index (χ3n) is 3.09. The van der Waals surface area contributed by atoms with Crippen molar-refractivity contribution < 1.29 is 19.1 Å². The van der Waals surface area contributed by atoms with Crippen LogP contribution < -0.4 is 10.6 Å². The number of anilines is 2. The van der Waals surface area contributed by atoms with Crippen LogP contribution >= 0.6 is 11.6 Å². The lowest BCUT2D eigenvalue weighted by atomic mass is 10.1. The molecule has 130 valence electrons. The lowest BCUT2D eigenvalue weighted by Gasteiger charge is -2.08. The molecule has 0 aliphatic heterocycles. The molecule has 0 aliphatic carbocycles. The highest BCUT2D eigenvalue weighted by Gasteiger charge is 2.09. The zero-order valence-corrected chi connectivity index (χ0v) is 14.3. The summed E-state index contributed by atoms with van der Waals surface area (Å²) in [5, 5.41) is 5.79. The van der Waals surface area contributed by atoms with Crippen LogP contribution in [0.5, 0.6) is 0 Å². The summed E-state index contributed by atoms with van der Waals surface area (Å²) < 4.78 is 4.95. The number of hydrogen-bond donors (Lipinski definition) is 2. The van der Waals surface area contributed by atoms with Crippen LogP contribution in [0.2, 0.25) is 5.02 Å². The number of carbonyl (C=O) groups is 3. The molecule has 0 saturated carbocycles. The third kappa shape index (κ3) is 6.64. The molecule has 7 heteroatoms. The molecular formula is C18H17ClN2O4. The Labute approximate surface area is 150 Å². The first-order valence-corrected chi connectivity index (χ1v) is 7.88. The first-order chi connectivity index (χ1) is 11.9. The number of halogens is 1. The maximum atomic E-state index is 11.9. The highest BCUT2D eigenvalue weighted by molar-refractivity contribution is 6.30. The Morgan fingerprint density at radius 2 is 1.64 bits per heavy atom. The molecule has 0 fully saturated rings. The van der Waals surface area contributed by atoms with Crippen molar-refractivity contribution in [3.8, 4) is 0 Å². The van der Waals surface area contributed by atoms with Gasteiger partial charge in [0.2, 0.25) is 5.91 Å². The monoisotopic (exact) mass is 360 g/mol. The van der Waals surface area contributed by atoms with Crippen LogP contribution in [0, 0.1) is 0 Å². The van der Waals surface area contributed by atoms with E-state index in [-0.39, 0.29) is 12.3 Å². The molecule has 2 amide bonds. The number of carbonyl (C=O) groups excluding carboxylic acids is 3. The molecule has 2 rings (SSSR count). The van der Waals surface area contributed by atoms with E-state index >= 15 is 0 Å². The summed E-state index contributed by atoms with van der Waals surface area (Å²) in [7, 11) is 0. The van der Waals surface area contributed by atoms with Gasteiger partial charge in [-0.05, 0) is 35.9 Å². The van der Waals surface area contributed by atoms with Gasteiger partial charge in [-0.15, -0.1) is 0 Å². The van der Waals surface area contributed by atoms with Gasteiger partial charge in [-0.3, -0.25) is 14.4 Å². The van der Waals surface area contributed by atoms with Crippen LogP contribution in [0.15, 0.2) is 48.5 Å². The predicted octanol–water partition coefficient (Wildman–Crippen LogP) is 3.02. The zero-order chi connectivity index (χ0) is 18.2. The number of amides is 2. The summed E-state index contributed by atoms with van der Waals surface area (Å²) in [6.45, 7) is 1.00. The van der Waals surface area contributed by atoms with Crippen molar-refractivity contribution in [2.75, 3.05) is 17.2 Å². The van der Waals surface area contributed by atoms with E-state index < -0.39 is 18.5 Å². The first kappa shape index (κ1) is 18.5. The van der Waals surface area contributed by atoms with Gasteiger partial charge in [-0.25, -0.2) is 0 Å². The van der Waals surface area contributed by atoms with Gasteiger partial charge in [-0.1, -0.05) is 29.8 Å². The molecule has 2 aromatic carbocycles. The molecule has 0 spiro atoms. The molecule has 25 heavy (non-hydrogen) atoms. The van der Waals surface area contributed by atoms with Gasteiger partial charge in [0.25, 0.3) is 5.91 Å². The van der Waals surface area contributed by atoms with Gasteiger partial charge in [-0.2, -0.15) is 0 Å². The Kier molecular flexibility index (Phi) is 6.54. The molecular weight excluding hydrogens is 344 g/mol. The summed E-state index contributed by atoms with van der Waals surface area (Å²) in [5.41, 5.74) is 1.80. The molecule has 2 aromatic rings. The second kappa shape index (κ2) is 8.84. The highest BCUT2D eigenvalue weighted by Crippen LogP contribution is 2.15. The molecule has 0 aliphatic rings. The Bertz CT molecular complexity index is 775. The van der Waals surface area contributed by atoms with Crippen LogP contribution in [0.4, 0.5) is 11.4 Å². The fraction of sp³-hybridized carbons (Fsp3) is 0.167. The quantitative estimate of drug-likeness (QED) is 0.775. The number of ether oxygens (including phenoxy) is 1. The van der Waals surface area contributed by atoms with E-state index in [0.29, 0.717) is 16.4 Å². The molecule has 2 N–H and O–H groups in total. The summed E-state index contributed by atoms with van der Waals surface area (Å²) in [6, 6.07) is 13.5. The van der Waals surface area contributed by atoms with Crippen molar-refractivity contribution in [1.82, 2.24) is 0 Å². The normalized spacial score (nSPS) is 10.0. The van der Waals surface area contributed by atoms with Crippen LogP contribution in [0.25, 0.3) is 0 Å². The lowest BCUT2D eigenvalue weighted by Crippen LogP contribution is -2.21. The van der Waals surface area contributed by atoms with E-state index in [1.54, 1.807) is 48.5 Å². The second-order valence-corrected chi connectivity index (χ2v) is 5.71. The Balaban J connectivity index is 1.81. The maximum absolute atomic E-state index is 11.9. The molecule has 0 aromatic heterocycles. The average Bonchev–Trinajstić information content (AvgIpc) is 2.55. The predicted molar refractivity (Wildman–Crippen MR) is 95.5 cm³/mol. The van der Waals surface area contributed by atoms with Crippen molar-refractivity contribution in [3.05, 3.63) is 59.1 Å². The number of hydrogen-bond acceptors (Lipinski definition) is 4. The molecule has 0 saturated heterocycles. The minimum atomic E-state index is -0.510. The van der Waals surface area contributed by atoms with E-state index in [1.807, 2.05) is 0 Å². The van der Waals surface area contributed by atoms with E-state index in [9.17, 15) is 14.4 Å². The van der Waals surface area contributed by atoms with Crippen LogP contribution in [-0.2, 0) is 25.5 Å². The number of benzene rings is 2. The third-order valence-corrected chi connectivity index (χ3v) is 3.34. The highest BCUT2D eigenvalue weighted by atomic mass is 35.5. The minimum absolute atomic E-state index is 0.0580. The number of esters is 1. The maximum Gasteiger partial charge on any atom is 0.310 e. The summed E-state index contributed by atoms with van der Waals surface area (Å²) in [4.78, 5) is 34.6. The minimum Gasteiger partial charge on any atom is -0.455 e. The Morgan fingerprint density at radius 3 is 2.28 bits per heavy atom. The molecule has 0 unspecified atom stereocenters. The van der Waals surface area contributed by atoms with E-state index in [4.69, 9.17) is 16.3 Å². The van der Waals surface area contributed by atoms with Crippen molar-refractivity contribution in [1.29, 1.82) is 0 Å². The van der Waals surface area contributed by atoms with Gasteiger partial charge < -0.3 is 15.4 Å². The van der Waals surface area contributed by atoms with Crippen molar-refractivity contribution in [3.63, 3.8) is 0 Å². The molecule has 0 radical (unpaired) electrons. The standard InChI is InChI=1S/C18H17ClN2O4/c1-12(22)20-15-3-2-4-16(10-15)21-17(23)11-25-18(24)9-13-5-7-14(19)8-6-13/h2-8,10H,9,11H2,1H3,(H,20,22)(H,21,23). The second-order valence-electron chi connectivity index (χ2n) is 5.27. The summed E-state index contributed by atoms with van der Waals surface area (Å²) >= 11 is 5.77. The van der Waals surface area contributed by atoms with Crippen LogP contribution in [0.3, 0.4) is 0 Å². The Hall–Kier alpha value is -2.86. The van der Waals surface area contributed by atoms with E-state index in [2.05, 4.69) is 10.6 Å². The van der Waals surface area contributed by atoms with Crippen molar-refractivity contribution in [2.45, 2.75) is 13.3 Å². The Morgan fingerprint density at radius 1 is 1.00 bits per heavy atom. The van der Waals surface area contributed by atoms with Crippen LogP contribution in [0.1, 0.15) is 12.5 Å². The summed E-state index contributed by atoms with van der Waals surface area (Å²) in [6.07, 6.45) is 0.0580. The smallest absolute Gasteiger partial charge is 0.310 e. The van der Waals surface area contributed by atoms with E-state index in [1.165, 1.54) is 6.92 Å². The van der Waals surface area contributed by atoms with Crippen molar-refractivity contribution >= 4 is 40.8 Å². The SMILES string of the molecule is CC(=O)Nc1cccc(NC(=O)COC(=O)Cc2ccc(Cl)cc2)c1. The van der Waals surface area contributed by atoms with Gasteiger partial charge in [0.1, 0.15) is 0 Å². The van der Waals surface area contributed by atoms with Gasteiger partial charge in [0.15, 0.2) is 6.61 Å². The van der Waals surface area contributed by atoms with Gasteiger partial charge in [0, 0.05) is 23.3 Å². The number of rotatable bonds is 6. The molecule has 6 nitrogen and oxygen atoms in total. The largest absolute Gasteiger partial charge is 0.455 e. The number of nitrogens with one attached hydrogen (secondary N) is 2. The average molecular weight is 361 g/mol. The summed E-state index contributed by atoms with van der Waals surface area (Å²) in [5.74, 6) is -1.19. The fourth-order valence-corrected chi connectivity index (χ4v) is 2.17. The van der Waals surface area contributed by atoms with E-state index in [0.717, 1.165) is 5.56 Å². The van der Waals surface area contributed by atoms with Gasteiger partial charge >= 0.3 is 5.97 Å². The first-order valence-electron chi connectivity index (χ1n) is 7.50. The van der Waals surface area contributed by atoms with Gasteiger partial charge in [0.05, 0.1) is 6.42 Å². The van der Waals surface area contributed by atoms with Crippen molar-refractivity contribution in [2.24, 2.45) is 0 Å². The topological polar surface area (TPSA) is 84.5 Å². The fourth-order valence-electron chi connectivity index (χ4n) is 2.04. The molecule has 0 heterocycles. The zero-order valence-electron chi connectivity index (χ0n) is 13.5. The van der Waals surface area contributed by atoms with Crippen LogP contribution in [-0.4, -0.2) is 24.4 Å². The molecule has 0 atom stereocenters.